The molecule has 10 heteroatoms. The molecule has 1 aliphatic rings. The molecular weight excluding hydrogens is 497 g/mol. The maximum Gasteiger partial charge on any atom is 0.300 e. The molecule has 4 rings (SSSR count). The van der Waals surface area contributed by atoms with Crippen molar-refractivity contribution < 1.29 is 33.3 Å². The fourth-order valence-corrected chi connectivity index (χ4v) is 4.66. The number of Topliss-reactive ketones (excluding diaryl/α,β-unsaturated/α-hetero) is 1. The van der Waals surface area contributed by atoms with Gasteiger partial charge in [-0.1, -0.05) is 23.2 Å². The first-order chi connectivity index (χ1) is 16.8. The molecule has 0 saturated carbocycles. The lowest BCUT2D eigenvalue weighted by molar-refractivity contribution is -0.132. The van der Waals surface area contributed by atoms with Crippen molar-refractivity contribution in [3.8, 4) is 17.2 Å². The summed E-state index contributed by atoms with van der Waals surface area (Å²) < 4.78 is 21.6. The van der Waals surface area contributed by atoms with Crippen molar-refractivity contribution in [1.82, 2.24) is 0 Å². The van der Waals surface area contributed by atoms with Crippen LogP contribution in [0.4, 0.5) is 5.69 Å². The van der Waals surface area contributed by atoms with Gasteiger partial charge in [-0.3, -0.25) is 14.5 Å². The van der Waals surface area contributed by atoms with Gasteiger partial charge < -0.3 is 23.7 Å². The van der Waals surface area contributed by atoms with Crippen molar-refractivity contribution in [2.45, 2.75) is 13.0 Å². The van der Waals surface area contributed by atoms with Crippen LogP contribution in [0.15, 0.2) is 58.7 Å². The smallest absolute Gasteiger partial charge is 0.300 e. The standard InChI is InChI=1S/C25H21Cl2NO7/c1-4-34-14-9-7-13(8-10-14)28-20(17-6-5-11-35-17)18(22(30)25(28)31)21(29)15-12-16(26)24(33-3)19(27)23(15)32-2/h5-12,20,29H,4H2,1-3H3/b21-18-. The van der Waals surface area contributed by atoms with Gasteiger partial charge in [0.25, 0.3) is 11.7 Å². The topological polar surface area (TPSA) is 98.4 Å². The molecule has 1 amide bonds. The highest BCUT2D eigenvalue weighted by Crippen LogP contribution is 2.48. The number of rotatable bonds is 7. The number of aliphatic hydroxyl groups excluding tert-OH is 1. The highest BCUT2D eigenvalue weighted by molar-refractivity contribution is 6.51. The van der Waals surface area contributed by atoms with E-state index in [-0.39, 0.29) is 38.4 Å². The number of ether oxygens (including phenoxy) is 3. The quantitative estimate of drug-likeness (QED) is 0.246. The third kappa shape index (κ3) is 4.19. The molecule has 0 bridgehead atoms. The van der Waals surface area contributed by atoms with Gasteiger partial charge in [-0.05, 0) is 49.4 Å². The first kappa shape index (κ1) is 24.5. The summed E-state index contributed by atoms with van der Waals surface area (Å²) in [5, 5.41) is 11.4. The van der Waals surface area contributed by atoms with Crippen LogP contribution < -0.4 is 19.1 Å². The summed E-state index contributed by atoms with van der Waals surface area (Å²) in [6.07, 6.45) is 1.41. The molecular formula is C25H21Cl2NO7. The van der Waals surface area contributed by atoms with Crippen LogP contribution in [-0.2, 0) is 9.59 Å². The maximum atomic E-state index is 13.3. The van der Waals surface area contributed by atoms with Gasteiger partial charge in [-0.25, -0.2) is 0 Å². The van der Waals surface area contributed by atoms with Crippen LogP contribution in [0.1, 0.15) is 24.3 Å². The Balaban J connectivity index is 1.93. The largest absolute Gasteiger partial charge is 0.507 e. The van der Waals surface area contributed by atoms with Crippen molar-refractivity contribution in [1.29, 1.82) is 0 Å². The highest BCUT2D eigenvalue weighted by Gasteiger charge is 2.48. The van der Waals surface area contributed by atoms with Crippen molar-refractivity contribution in [2.24, 2.45) is 0 Å². The zero-order valence-electron chi connectivity index (χ0n) is 19.0. The monoisotopic (exact) mass is 517 g/mol. The van der Waals surface area contributed by atoms with Crippen LogP contribution in [-0.4, -0.2) is 37.6 Å². The van der Waals surface area contributed by atoms with Gasteiger partial charge in [0.2, 0.25) is 0 Å². The molecule has 1 atom stereocenters. The molecule has 182 valence electrons. The lowest BCUT2D eigenvalue weighted by atomic mass is 9.98. The van der Waals surface area contributed by atoms with Crippen LogP contribution in [0, 0.1) is 0 Å². The minimum absolute atomic E-state index is 0.000611. The number of furan rings is 1. The van der Waals surface area contributed by atoms with Crippen LogP contribution in [0.25, 0.3) is 5.76 Å². The van der Waals surface area contributed by atoms with Gasteiger partial charge in [0, 0.05) is 5.69 Å². The first-order valence-electron chi connectivity index (χ1n) is 10.5. The van der Waals surface area contributed by atoms with Gasteiger partial charge >= 0.3 is 0 Å². The molecule has 1 aliphatic heterocycles. The van der Waals surface area contributed by atoms with Crippen LogP contribution in [0.5, 0.6) is 17.2 Å². The minimum Gasteiger partial charge on any atom is -0.507 e. The van der Waals surface area contributed by atoms with Crippen LogP contribution in [0.2, 0.25) is 10.0 Å². The molecule has 1 saturated heterocycles. The SMILES string of the molecule is CCOc1ccc(N2C(=O)C(=O)/C(=C(\O)c3cc(Cl)c(OC)c(Cl)c3OC)C2c2ccco2)cc1. The third-order valence-electron chi connectivity index (χ3n) is 5.48. The molecule has 0 spiro atoms. The number of carbonyl (C=O) groups excluding carboxylic acids is 2. The van der Waals surface area contributed by atoms with Gasteiger partial charge in [-0.15, -0.1) is 0 Å². The lowest BCUT2D eigenvalue weighted by Gasteiger charge is -2.24. The zero-order chi connectivity index (χ0) is 25.3. The van der Waals surface area contributed by atoms with E-state index in [1.54, 1.807) is 36.4 Å². The number of ketones is 1. The van der Waals surface area contributed by atoms with Crippen molar-refractivity contribution >= 4 is 46.3 Å². The lowest BCUT2D eigenvalue weighted by Crippen LogP contribution is -2.29. The second-order valence-electron chi connectivity index (χ2n) is 7.40. The fraction of sp³-hybridized carbons (Fsp3) is 0.200. The van der Waals surface area contributed by atoms with E-state index >= 15 is 0 Å². The van der Waals surface area contributed by atoms with E-state index in [0.29, 0.717) is 18.0 Å². The molecule has 3 aromatic rings. The Hall–Kier alpha value is -3.62. The van der Waals surface area contributed by atoms with E-state index in [9.17, 15) is 14.7 Å². The Labute approximate surface area is 211 Å². The number of hydrogen-bond acceptors (Lipinski definition) is 7. The summed E-state index contributed by atoms with van der Waals surface area (Å²) in [6.45, 7) is 2.33. The van der Waals surface area contributed by atoms with Gasteiger partial charge in [-0.2, -0.15) is 0 Å². The Bertz CT molecular complexity index is 1300. The molecule has 1 N–H and O–H groups in total. The molecule has 0 aliphatic carbocycles. The first-order valence-corrected chi connectivity index (χ1v) is 11.3. The predicted octanol–water partition coefficient (Wildman–Crippen LogP) is 5.63. The molecule has 8 nitrogen and oxygen atoms in total. The average molecular weight is 518 g/mol. The Morgan fingerprint density at radius 3 is 2.34 bits per heavy atom. The molecule has 1 fully saturated rings. The Morgan fingerprint density at radius 2 is 1.77 bits per heavy atom. The normalized spacial score (nSPS) is 17.1. The summed E-state index contributed by atoms with van der Waals surface area (Å²) in [5.41, 5.74) is 0.216. The Kier molecular flexibility index (Phi) is 6.95. The molecule has 35 heavy (non-hydrogen) atoms. The summed E-state index contributed by atoms with van der Waals surface area (Å²) in [4.78, 5) is 27.7. The number of hydrogen-bond donors (Lipinski definition) is 1. The number of benzene rings is 2. The molecule has 1 aromatic heterocycles. The maximum absolute atomic E-state index is 13.3. The molecule has 0 radical (unpaired) electrons. The number of methoxy groups -OCH3 is 2. The number of nitrogens with zero attached hydrogens (tertiary/aromatic N) is 1. The van der Waals surface area contributed by atoms with Gasteiger partial charge in [0.15, 0.2) is 11.5 Å². The minimum atomic E-state index is -1.06. The van der Waals surface area contributed by atoms with Gasteiger partial charge in [0.05, 0.1) is 43.2 Å². The summed E-state index contributed by atoms with van der Waals surface area (Å²) in [5.74, 6) is -1.25. The predicted molar refractivity (Wildman–Crippen MR) is 131 cm³/mol. The van der Waals surface area contributed by atoms with E-state index in [1.807, 2.05) is 6.92 Å². The van der Waals surface area contributed by atoms with Crippen molar-refractivity contribution in [2.75, 3.05) is 25.7 Å². The van der Waals surface area contributed by atoms with E-state index in [0.717, 1.165) is 0 Å². The Morgan fingerprint density at radius 1 is 1.09 bits per heavy atom. The zero-order valence-corrected chi connectivity index (χ0v) is 20.5. The van der Waals surface area contributed by atoms with Crippen LogP contribution in [0.3, 0.4) is 0 Å². The van der Waals surface area contributed by atoms with E-state index in [1.165, 1.54) is 31.4 Å². The third-order valence-corrected chi connectivity index (χ3v) is 6.10. The number of carbonyl (C=O) groups is 2. The van der Waals surface area contributed by atoms with Crippen molar-refractivity contribution in [3.63, 3.8) is 0 Å². The summed E-state index contributed by atoms with van der Waals surface area (Å²) >= 11 is 12.7. The molecule has 1 unspecified atom stereocenters. The number of anilines is 1. The molecule has 2 aromatic carbocycles. The van der Waals surface area contributed by atoms with E-state index in [2.05, 4.69) is 0 Å². The van der Waals surface area contributed by atoms with E-state index in [4.69, 9.17) is 41.8 Å². The average Bonchev–Trinajstić information content (AvgIpc) is 3.46. The summed E-state index contributed by atoms with van der Waals surface area (Å²) in [6, 6.07) is 10.2. The second kappa shape index (κ2) is 9.93. The van der Waals surface area contributed by atoms with Gasteiger partial charge in [0.1, 0.15) is 28.3 Å². The number of aliphatic hydroxyl groups is 1. The number of amides is 1. The van der Waals surface area contributed by atoms with E-state index < -0.39 is 23.5 Å². The van der Waals surface area contributed by atoms with Crippen molar-refractivity contribution in [3.05, 3.63) is 75.7 Å². The molecule has 2 heterocycles. The summed E-state index contributed by atoms with van der Waals surface area (Å²) in [7, 11) is 2.72. The highest BCUT2D eigenvalue weighted by atomic mass is 35.5. The van der Waals surface area contributed by atoms with Crippen LogP contribution >= 0.6 is 23.2 Å². The fourth-order valence-electron chi connectivity index (χ4n) is 3.98. The number of halogens is 2. The second-order valence-corrected chi connectivity index (χ2v) is 8.18.